The van der Waals surface area contributed by atoms with Crippen LogP contribution in [0.15, 0.2) is 30.9 Å². The minimum absolute atomic E-state index is 0.0634. The molecule has 0 radical (unpaired) electrons. The fraction of sp³-hybridized carbons (Fsp3) is 0.294. The number of esters is 1. The van der Waals surface area contributed by atoms with Gasteiger partial charge >= 0.3 is 5.97 Å². The highest BCUT2D eigenvalue weighted by molar-refractivity contribution is 5.77. The van der Waals surface area contributed by atoms with E-state index in [-0.39, 0.29) is 12.5 Å². The molecule has 0 spiro atoms. The third-order valence-corrected chi connectivity index (χ3v) is 3.41. The molecule has 0 aliphatic rings. The van der Waals surface area contributed by atoms with Crippen LogP contribution >= 0.6 is 0 Å². The van der Waals surface area contributed by atoms with E-state index in [1.165, 1.54) is 4.68 Å². The molecule has 0 bridgehead atoms. The van der Waals surface area contributed by atoms with Gasteiger partial charge in [-0.1, -0.05) is 5.92 Å². The summed E-state index contributed by atoms with van der Waals surface area (Å²) in [6.45, 7) is 4.56. The van der Waals surface area contributed by atoms with Crippen molar-refractivity contribution in [2.24, 2.45) is 0 Å². The van der Waals surface area contributed by atoms with E-state index in [0.717, 1.165) is 11.0 Å². The average Bonchev–Trinajstić information content (AvgIpc) is 3.20. The van der Waals surface area contributed by atoms with Gasteiger partial charge in [-0.3, -0.25) is 9.48 Å². The third-order valence-electron chi connectivity index (χ3n) is 3.41. The summed E-state index contributed by atoms with van der Waals surface area (Å²) in [5, 5.41) is 8.15. The first-order valence-electron chi connectivity index (χ1n) is 7.86. The van der Waals surface area contributed by atoms with Crippen molar-refractivity contribution >= 4 is 28.6 Å². The number of nitrogens with zero attached hydrogens (tertiary/aromatic N) is 5. The molecule has 8 heteroatoms. The Bertz CT molecular complexity index is 947. The summed E-state index contributed by atoms with van der Waals surface area (Å²) in [6, 6.07) is 1.95. The second-order valence-corrected chi connectivity index (χ2v) is 5.20. The van der Waals surface area contributed by atoms with Crippen LogP contribution in [0.4, 0.5) is 11.6 Å². The molecule has 3 heterocycles. The predicted molar refractivity (Wildman–Crippen MR) is 93.1 cm³/mol. The second kappa shape index (κ2) is 7.49. The van der Waals surface area contributed by atoms with E-state index in [2.05, 4.69) is 32.2 Å². The highest BCUT2D eigenvalue weighted by Crippen LogP contribution is 2.17. The molecule has 1 N–H and O–H groups in total. The number of aromatic nitrogens is 5. The zero-order valence-corrected chi connectivity index (χ0v) is 14.1. The van der Waals surface area contributed by atoms with Gasteiger partial charge in [0.1, 0.15) is 12.2 Å². The van der Waals surface area contributed by atoms with Crippen LogP contribution in [0.2, 0.25) is 0 Å². The first-order chi connectivity index (χ1) is 12.2. The maximum Gasteiger partial charge on any atom is 0.327 e. The molecular formula is C17H18N6O2. The van der Waals surface area contributed by atoms with Crippen molar-refractivity contribution in [3.8, 4) is 11.8 Å². The number of hydrogen-bond donors (Lipinski definition) is 1. The molecule has 3 rings (SSSR count). The second-order valence-electron chi connectivity index (χ2n) is 5.20. The molecule has 0 atom stereocenters. The summed E-state index contributed by atoms with van der Waals surface area (Å²) >= 11 is 0. The lowest BCUT2D eigenvalue weighted by molar-refractivity contribution is -0.144. The highest BCUT2D eigenvalue weighted by atomic mass is 16.5. The van der Waals surface area contributed by atoms with Crippen molar-refractivity contribution in [2.45, 2.75) is 26.9 Å². The maximum absolute atomic E-state index is 11.5. The molecule has 0 aliphatic heterocycles. The summed E-state index contributed by atoms with van der Waals surface area (Å²) in [4.78, 5) is 20.3. The van der Waals surface area contributed by atoms with E-state index in [9.17, 15) is 4.79 Å². The Kier molecular flexibility index (Phi) is 4.95. The van der Waals surface area contributed by atoms with E-state index >= 15 is 0 Å². The van der Waals surface area contributed by atoms with Crippen LogP contribution in [-0.4, -0.2) is 36.9 Å². The largest absolute Gasteiger partial charge is 0.465 e. The zero-order valence-electron chi connectivity index (χ0n) is 14.1. The van der Waals surface area contributed by atoms with E-state index < -0.39 is 0 Å². The topological polar surface area (TPSA) is 86.9 Å². The number of anilines is 2. The van der Waals surface area contributed by atoms with Crippen LogP contribution in [0.3, 0.4) is 0 Å². The van der Waals surface area contributed by atoms with Crippen LogP contribution < -0.4 is 5.32 Å². The van der Waals surface area contributed by atoms with Gasteiger partial charge in [0.2, 0.25) is 5.95 Å². The molecule has 0 aromatic carbocycles. The number of ether oxygens (including phenoxy) is 1. The van der Waals surface area contributed by atoms with Gasteiger partial charge in [0, 0.05) is 24.0 Å². The fourth-order valence-corrected chi connectivity index (χ4v) is 2.31. The summed E-state index contributed by atoms with van der Waals surface area (Å²) in [5.74, 6) is 6.02. The lowest BCUT2D eigenvalue weighted by Crippen LogP contribution is -2.13. The quantitative estimate of drug-likeness (QED) is 0.546. The van der Waals surface area contributed by atoms with Gasteiger partial charge < -0.3 is 14.6 Å². The molecule has 0 saturated carbocycles. The Morgan fingerprint density at radius 1 is 1.40 bits per heavy atom. The van der Waals surface area contributed by atoms with E-state index in [4.69, 9.17) is 4.74 Å². The van der Waals surface area contributed by atoms with Crippen molar-refractivity contribution < 1.29 is 9.53 Å². The summed E-state index contributed by atoms with van der Waals surface area (Å²) in [6.07, 6.45) is 6.99. The van der Waals surface area contributed by atoms with E-state index in [0.29, 0.717) is 24.8 Å². The van der Waals surface area contributed by atoms with Crippen LogP contribution in [0.25, 0.3) is 11.0 Å². The molecule has 0 saturated heterocycles. The van der Waals surface area contributed by atoms with Crippen molar-refractivity contribution in [1.29, 1.82) is 0 Å². The molecule has 25 heavy (non-hydrogen) atoms. The van der Waals surface area contributed by atoms with Gasteiger partial charge in [0.15, 0.2) is 0 Å². The third kappa shape index (κ3) is 3.95. The number of nitrogens with one attached hydrogen (secondary N) is 1. The molecule has 3 aromatic rings. The molecule has 0 aliphatic carbocycles. The molecule has 8 nitrogen and oxygen atoms in total. The predicted octanol–water partition coefficient (Wildman–Crippen LogP) is 1.96. The van der Waals surface area contributed by atoms with Crippen LogP contribution in [0, 0.1) is 11.8 Å². The standard InChI is InChI=1S/C17H18N6O2/c1-3-5-7-22-8-6-13-9-18-17(21-16(13)22)20-14-10-19-23(11-14)12-15(24)25-4-2/h6,8-11H,4,7,12H2,1-2H3,(H,18,20,21). The first kappa shape index (κ1) is 16.5. The molecular weight excluding hydrogens is 320 g/mol. The van der Waals surface area contributed by atoms with Crippen LogP contribution in [0.5, 0.6) is 0 Å². The van der Waals surface area contributed by atoms with Crippen molar-refractivity contribution in [3.05, 3.63) is 30.9 Å². The van der Waals surface area contributed by atoms with Crippen molar-refractivity contribution in [1.82, 2.24) is 24.3 Å². The summed E-state index contributed by atoms with van der Waals surface area (Å²) in [7, 11) is 0. The SMILES string of the molecule is CC#CCn1ccc2cnc(Nc3cnn(CC(=O)OCC)c3)nc21. The van der Waals surface area contributed by atoms with Gasteiger partial charge in [-0.25, -0.2) is 4.98 Å². The fourth-order valence-electron chi connectivity index (χ4n) is 2.31. The van der Waals surface area contributed by atoms with Crippen molar-refractivity contribution in [3.63, 3.8) is 0 Å². The average molecular weight is 338 g/mol. The zero-order chi connectivity index (χ0) is 17.6. The Morgan fingerprint density at radius 3 is 3.08 bits per heavy atom. The Labute approximate surface area is 144 Å². The van der Waals surface area contributed by atoms with Gasteiger partial charge in [-0.15, -0.1) is 5.92 Å². The number of fused-ring (bicyclic) bond motifs is 1. The van der Waals surface area contributed by atoms with Crippen LogP contribution in [-0.2, 0) is 22.6 Å². The molecule has 0 amide bonds. The molecule has 3 aromatic heterocycles. The minimum Gasteiger partial charge on any atom is -0.465 e. The lowest BCUT2D eigenvalue weighted by Gasteiger charge is -2.04. The van der Waals surface area contributed by atoms with E-state index in [1.54, 1.807) is 25.5 Å². The Morgan fingerprint density at radius 2 is 2.28 bits per heavy atom. The number of carbonyl (C=O) groups is 1. The summed E-state index contributed by atoms with van der Waals surface area (Å²) in [5.41, 5.74) is 1.49. The van der Waals surface area contributed by atoms with Gasteiger partial charge in [0.05, 0.1) is 25.0 Å². The lowest BCUT2D eigenvalue weighted by atomic mass is 10.4. The Balaban J connectivity index is 1.75. The van der Waals surface area contributed by atoms with Gasteiger partial charge in [0.25, 0.3) is 0 Å². The Hall–Kier alpha value is -3.34. The monoisotopic (exact) mass is 338 g/mol. The van der Waals surface area contributed by atoms with Crippen molar-refractivity contribution in [2.75, 3.05) is 11.9 Å². The summed E-state index contributed by atoms with van der Waals surface area (Å²) < 4.78 is 8.36. The normalized spacial score (nSPS) is 10.3. The van der Waals surface area contributed by atoms with Gasteiger partial charge in [-0.2, -0.15) is 10.1 Å². The molecule has 0 unspecified atom stereocenters. The molecule has 0 fully saturated rings. The minimum atomic E-state index is -0.329. The highest BCUT2D eigenvalue weighted by Gasteiger charge is 2.08. The number of rotatable bonds is 6. The van der Waals surface area contributed by atoms with Gasteiger partial charge in [-0.05, 0) is 19.9 Å². The number of hydrogen-bond acceptors (Lipinski definition) is 6. The van der Waals surface area contributed by atoms with E-state index in [1.807, 2.05) is 23.8 Å². The maximum atomic E-state index is 11.5. The molecule has 128 valence electrons. The van der Waals surface area contributed by atoms with Crippen LogP contribution in [0.1, 0.15) is 13.8 Å². The smallest absolute Gasteiger partial charge is 0.327 e. The first-order valence-corrected chi connectivity index (χ1v) is 7.86. The number of carbonyl (C=O) groups excluding carboxylic acids is 1.